The van der Waals surface area contributed by atoms with Gasteiger partial charge in [-0.15, -0.1) is 0 Å². The number of nitro benzene ring substituents is 1. The number of hydrazone groups is 1. The molecule has 1 atom stereocenters. The van der Waals surface area contributed by atoms with E-state index in [1.54, 1.807) is 38.1 Å². The summed E-state index contributed by atoms with van der Waals surface area (Å²) < 4.78 is 21.5. The van der Waals surface area contributed by atoms with Crippen molar-refractivity contribution < 1.29 is 38.3 Å². The van der Waals surface area contributed by atoms with Gasteiger partial charge in [0.1, 0.15) is 0 Å². The molecule has 1 fully saturated rings. The summed E-state index contributed by atoms with van der Waals surface area (Å²) in [7, 11) is 1.41. The summed E-state index contributed by atoms with van der Waals surface area (Å²) in [5, 5.41) is 20.7. The Balaban J connectivity index is 1.42. The second-order valence-corrected chi connectivity index (χ2v) is 9.38. The number of amides is 3. The first-order valence-electron chi connectivity index (χ1n) is 13.4. The Hall–Kier alpha value is -5.18. The number of anilines is 1. The van der Waals surface area contributed by atoms with E-state index in [0.29, 0.717) is 37.6 Å². The van der Waals surface area contributed by atoms with E-state index in [-0.39, 0.29) is 34.9 Å². The zero-order chi connectivity index (χ0) is 30.9. The predicted molar refractivity (Wildman–Crippen MR) is 154 cm³/mol. The average Bonchev–Trinajstić information content (AvgIpc) is 2.99. The quantitative estimate of drug-likeness (QED) is 0.150. The van der Waals surface area contributed by atoms with Crippen molar-refractivity contribution in [1.29, 1.82) is 0 Å². The lowest BCUT2D eigenvalue weighted by Gasteiger charge is -2.28. The Kier molecular flexibility index (Phi) is 10.1. The van der Waals surface area contributed by atoms with Crippen LogP contribution in [0.4, 0.5) is 16.2 Å². The number of nitro groups is 1. The van der Waals surface area contributed by atoms with Gasteiger partial charge < -0.3 is 34.5 Å². The zero-order valence-corrected chi connectivity index (χ0v) is 23.9. The molecule has 0 unspecified atom stereocenters. The SMILES string of the molecule is CCOC(=O)C1=C(C)NC(=O)N[C@H]1c1ccc(OCC(=O)N/N=C\c2cc(N3CCOCC3)ccc2[N+](=O)[O-])c(OC)c1. The molecule has 2 aromatic rings. The Morgan fingerprint density at radius 2 is 1.98 bits per heavy atom. The van der Waals surface area contributed by atoms with Gasteiger partial charge in [0.05, 0.1) is 55.2 Å². The number of methoxy groups -OCH3 is 1. The molecule has 3 N–H and O–H groups in total. The highest BCUT2D eigenvalue weighted by molar-refractivity contribution is 5.95. The average molecular weight is 597 g/mol. The van der Waals surface area contributed by atoms with Gasteiger partial charge in [0.15, 0.2) is 18.1 Å². The Labute approximate surface area is 246 Å². The van der Waals surface area contributed by atoms with E-state index < -0.39 is 35.5 Å². The van der Waals surface area contributed by atoms with Gasteiger partial charge in [-0.1, -0.05) is 6.07 Å². The molecule has 0 aliphatic carbocycles. The predicted octanol–water partition coefficient (Wildman–Crippen LogP) is 2.16. The van der Waals surface area contributed by atoms with Gasteiger partial charge in [-0.2, -0.15) is 5.10 Å². The molecule has 2 aliphatic heterocycles. The van der Waals surface area contributed by atoms with Gasteiger partial charge in [-0.05, 0) is 43.7 Å². The van der Waals surface area contributed by atoms with Crippen LogP contribution in [-0.4, -0.2) is 75.7 Å². The number of ether oxygens (including phenoxy) is 4. The summed E-state index contributed by atoms with van der Waals surface area (Å²) in [6.07, 6.45) is 1.21. The summed E-state index contributed by atoms with van der Waals surface area (Å²) in [5.41, 5.74) is 4.28. The number of rotatable bonds is 11. The lowest BCUT2D eigenvalue weighted by molar-refractivity contribution is -0.385. The summed E-state index contributed by atoms with van der Waals surface area (Å²) >= 11 is 0. The highest BCUT2D eigenvalue weighted by Gasteiger charge is 2.32. The van der Waals surface area contributed by atoms with Crippen molar-refractivity contribution in [2.75, 3.05) is 51.5 Å². The van der Waals surface area contributed by atoms with Gasteiger partial charge in [0, 0.05) is 30.5 Å². The van der Waals surface area contributed by atoms with Crippen LogP contribution in [0, 0.1) is 10.1 Å². The molecule has 3 amide bonds. The van der Waals surface area contributed by atoms with Crippen molar-refractivity contribution >= 4 is 35.5 Å². The van der Waals surface area contributed by atoms with Crippen molar-refractivity contribution in [2.24, 2.45) is 5.10 Å². The Morgan fingerprint density at radius 1 is 1.21 bits per heavy atom. The second kappa shape index (κ2) is 14.1. The number of urea groups is 1. The van der Waals surface area contributed by atoms with Crippen LogP contribution in [-0.2, 0) is 19.1 Å². The molecule has 0 saturated carbocycles. The fourth-order valence-electron chi connectivity index (χ4n) is 4.59. The number of carbonyl (C=O) groups is 3. The zero-order valence-electron chi connectivity index (χ0n) is 23.9. The monoisotopic (exact) mass is 596 g/mol. The normalized spacial score (nSPS) is 16.8. The molecular formula is C28H32N6O9. The molecule has 43 heavy (non-hydrogen) atoms. The number of morpholine rings is 1. The molecule has 15 heteroatoms. The molecule has 228 valence electrons. The number of benzene rings is 2. The van der Waals surface area contributed by atoms with Crippen molar-refractivity contribution in [2.45, 2.75) is 19.9 Å². The van der Waals surface area contributed by atoms with Crippen molar-refractivity contribution in [3.8, 4) is 11.5 Å². The summed E-state index contributed by atoms with van der Waals surface area (Å²) in [5.74, 6) is -0.730. The maximum absolute atomic E-state index is 12.6. The maximum atomic E-state index is 12.6. The third kappa shape index (κ3) is 7.56. The standard InChI is InChI=1S/C28H32N6O9/c1-4-42-27(36)25-17(2)30-28(37)31-26(25)18-5-8-22(23(14-18)40-3)43-16-24(35)32-29-15-19-13-20(6-7-21(19)34(38)39)33-9-11-41-12-10-33/h5-8,13-15,26H,4,9-12,16H2,1-3H3,(H,32,35)(H2,30,31,37)/b29-15-/t26-/m0/s1. The van der Waals surface area contributed by atoms with Gasteiger partial charge in [-0.25, -0.2) is 15.0 Å². The van der Waals surface area contributed by atoms with Gasteiger partial charge in [0.2, 0.25) is 0 Å². The van der Waals surface area contributed by atoms with Crippen molar-refractivity contribution in [3.05, 3.63) is 68.9 Å². The Bertz CT molecular complexity index is 1450. The molecule has 2 aliphatic rings. The first kappa shape index (κ1) is 30.8. The number of allylic oxidation sites excluding steroid dienone is 1. The smallest absolute Gasteiger partial charge is 0.338 e. The van der Waals surface area contributed by atoms with Gasteiger partial charge >= 0.3 is 12.0 Å². The minimum absolute atomic E-state index is 0.155. The van der Waals surface area contributed by atoms with Crippen LogP contribution in [0.15, 0.2) is 52.8 Å². The van der Waals surface area contributed by atoms with Crippen LogP contribution in [0.25, 0.3) is 0 Å². The first-order chi connectivity index (χ1) is 20.7. The van der Waals surface area contributed by atoms with Crippen LogP contribution >= 0.6 is 0 Å². The maximum Gasteiger partial charge on any atom is 0.338 e. The number of nitrogens with one attached hydrogen (secondary N) is 3. The van der Waals surface area contributed by atoms with E-state index in [0.717, 1.165) is 5.69 Å². The molecule has 0 aromatic heterocycles. The van der Waals surface area contributed by atoms with E-state index in [1.165, 1.54) is 25.5 Å². The molecule has 1 saturated heterocycles. The van der Waals surface area contributed by atoms with Gasteiger partial charge in [-0.3, -0.25) is 14.9 Å². The van der Waals surface area contributed by atoms with E-state index >= 15 is 0 Å². The summed E-state index contributed by atoms with van der Waals surface area (Å²) in [6.45, 7) is 5.43. The molecule has 4 rings (SSSR count). The van der Waals surface area contributed by atoms with Crippen LogP contribution < -0.4 is 30.4 Å². The fraction of sp³-hybridized carbons (Fsp3) is 0.357. The minimum atomic E-state index is -0.806. The highest BCUT2D eigenvalue weighted by atomic mass is 16.6. The minimum Gasteiger partial charge on any atom is -0.493 e. The summed E-state index contributed by atoms with van der Waals surface area (Å²) in [4.78, 5) is 50.2. The first-order valence-corrected chi connectivity index (χ1v) is 13.4. The lowest BCUT2D eigenvalue weighted by atomic mass is 9.95. The van der Waals surface area contributed by atoms with E-state index in [4.69, 9.17) is 18.9 Å². The van der Waals surface area contributed by atoms with Gasteiger partial charge in [0.25, 0.3) is 11.6 Å². The highest BCUT2D eigenvalue weighted by Crippen LogP contribution is 2.34. The van der Waals surface area contributed by atoms with E-state index in [2.05, 4.69) is 21.2 Å². The number of esters is 1. The van der Waals surface area contributed by atoms with Crippen LogP contribution in [0.1, 0.15) is 31.0 Å². The third-order valence-electron chi connectivity index (χ3n) is 6.62. The second-order valence-electron chi connectivity index (χ2n) is 9.38. The number of nitrogens with zero attached hydrogens (tertiary/aromatic N) is 3. The third-order valence-corrected chi connectivity index (χ3v) is 6.62. The number of hydrogen-bond donors (Lipinski definition) is 3. The van der Waals surface area contributed by atoms with E-state index in [9.17, 15) is 24.5 Å². The lowest BCUT2D eigenvalue weighted by Crippen LogP contribution is -2.45. The topological polar surface area (TPSA) is 183 Å². The molecule has 0 radical (unpaired) electrons. The largest absolute Gasteiger partial charge is 0.493 e. The van der Waals surface area contributed by atoms with E-state index in [1.807, 2.05) is 4.90 Å². The van der Waals surface area contributed by atoms with Crippen LogP contribution in [0.5, 0.6) is 11.5 Å². The molecule has 0 spiro atoms. The van der Waals surface area contributed by atoms with Crippen molar-refractivity contribution in [3.63, 3.8) is 0 Å². The van der Waals surface area contributed by atoms with Crippen LogP contribution in [0.2, 0.25) is 0 Å². The summed E-state index contributed by atoms with van der Waals surface area (Å²) in [6, 6.07) is 8.15. The van der Waals surface area contributed by atoms with Crippen LogP contribution in [0.3, 0.4) is 0 Å². The molecule has 2 heterocycles. The molecule has 2 aromatic carbocycles. The van der Waals surface area contributed by atoms with Crippen molar-refractivity contribution in [1.82, 2.24) is 16.1 Å². The fourth-order valence-corrected chi connectivity index (χ4v) is 4.59. The number of hydrogen-bond acceptors (Lipinski definition) is 11. The Morgan fingerprint density at radius 3 is 2.67 bits per heavy atom. The molecular weight excluding hydrogens is 564 g/mol. The molecule has 0 bridgehead atoms. The number of carbonyl (C=O) groups excluding carboxylic acids is 3. The molecule has 15 nitrogen and oxygen atoms in total.